The molecule has 2 aromatic rings. The first kappa shape index (κ1) is 20.8. The predicted molar refractivity (Wildman–Crippen MR) is 97.2 cm³/mol. The van der Waals surface area contributed by atoms with Crippen molar-refractivity contribution in [2.75, 3.05) is 32.7 Å². The molecule has 152 valence electrons. The molecule has 0 unspecified atom stereocenters. The Bertz CT molecular complexity index is 896. The number of hydrogen-bond acceptors (Lipinski definition) is 3. The van der Waals surface area contributed by atoms with Gasteiger partial charge in [-0.3, -0.25) is 0 Å². The zero-order chi connectivity index (χ0) is 20.4. The summed E-state index contributed by atoms with van der Waals surface area (Å²) < 4.78 is 66.2. The smallest absolute Gasteiger partial charge is 0.382 e. The van der Waals surface area contributed by atoms with E-state index in [1.807, 2.05) is 30.3 Å². The maximum atomic E-state index is 13.2. The molecule has 0 spiro atoms. The third-order valence-corrected chi connectivity index (χ3v) is 6.86. The van der Waals surface area contributed by atoms with Gasteiger partial charge in [-0.15, -0.1) is 0 Å². The maximum absolute atomic E-state index is 13.2. The second kappa shape index (κ2) is 8.20. The topological polar surface area (TPSA) is 62.0 Å². The quantitative estimate of drug-likeness (QED) is 0.775. The van der Waals surface area contributed by atoms with E-state index >= 15 is 0 Å². The Morgan fingerprint density at radius 3 is 2.18 bits per heavy atom. The average Bonchev–Trinajstić information content (AvgIpc) is 2.68. The molecule has 3 rings (SSSR count). The largest absolute Gasteiger partial charge is 0.417 e. The number of halogens is 3. The van der Waals surface area contributed by atoms with Gasteiger partial charge in [-0.1, -0.05) is 42.5 Å². The summed E-state index contributed by atoms with van der Waals surface area (Å²) in [6.45, 7) is 1.45. The van der Waals surface area contributed by atoms with Gasteiger partial charge in [0.1, 0.15) is 12.6 Å². The van der Waals surface area contributed by atoms with Gasteiger partial charge in [-0.2, -0.15) is 17.5 Å². The number of aliphatic hydroxyl groups excluding tert-OH is 1. The number of nitrogens with zero attached hydrogens (tertiary/aromatic N) is 1. The second-order valence-corrected chi connectivity index (χ2v) is 8.68. The zero-order valence-corrected chi connectivity index (χ0v) is 15.9. The molecule has 0 radical (unpaired) electrons. The number of nitrogens with one attached hydrogen (secondary N) is 1. The van der Waals surface area contributed by atoms with E-state index in [0.717, 1.165) is 26.9 Å². The zero-order valence-electron chi connectivity index (χ0n) is 15.1. The average molecular weight is 415 g/mol. The van der Waals surface area contributed by atoms with Gasteiger partial charge in [0.2, 0.25) is 10.0 Å². The SMILES string of the molecule is O=S(=O)(c1ccccc1C(F)(F)F)N1CC[NH+](C[C@H](O)c2ccccc2)CC1. The van der Waals surface area contributed by atoms with E-state index in [4.69, 9.17) is 0 Å². The van der Waals surface area contributed by atoms with E-state index in [1.54, 1.807) is 0 Å². The Hall–Kier alpha value is -1.94. The molecule has 2 N–H and O–H groups in total. The molecule has 0 aromatic heterocycles. The van der Waals surface area contributed by atoms with E-state index in [0.29, 0.717) is 19.6 Å². The summed E-state index contributed by atoms with van der Waals surface area (Å²) in [4.78, 5) is 0.294. The van der Waals surface area contributed by atoms with Gasteiger partial charge in [0.15, 0.2) is 0 Å². The molecule has 1 saturated heterocycles. The number of sulfonamides is 1. The molecule has 5 nitrogen and oxygen atoms in total. The summed E-state index contributed by atoms with van der Waals surface area (Å²) in [7, 11) is -4.24. The van der Waals surface area contributed by atoms with E-state index in [-0.39, 0.29) is 13.1 Å². The van der Waals surface area contributed by atoms with Crippen LogP contribution < -0.4 is 4.90 Å². The summed E-state index contributed by atoms with van der Waals surface area (Å²) >= 11 is 0. The highest BCUT2D eigenvalue weighted by molar-refractivity contribution is 7.89. The van der Waals surface area contributed by atoms with Gasteiger partial charge in [0.25, 0.3) is 0 Å². The van der Waals surface area contributed by atoms with Crippen molar-refractivity contribution in [1.82, 2.24) is 4.31 Å². The molecule has 1 heterocycles. The second-order valence-electron chi connectivity index (χ2n) is 6.78. The molecule has 28 heavy (non-hydrogen) atoms. The Morgan fingerprint density at radius 2 is 1.57 bits per heavy atom. The van der Waals surface area contributed by atoms with Crippen molar-refractivity contribution in [2.24, 2.45) is 0 Å². The number of aliphatic hydroxyl groups is 1. The molecular weight excluding hydrogens is 393 g/mol. The fourth-order valence-electron chi connectivity index (χ4n) is 3.38. The van der Waals surface area contributed by atoms with Crippen LogP contribution in [0.25, 0.3) is 0 Å². The number of rotatable bonds is 5. The van der Waals surface area contributed by atoms with Crippen LogP contribution in [0.5, 0.6) is 0 Å². The molecule has 2 aromatic carbocycles. The third kappa shape index (κ3) is 4.54. The van der Waals surface area contributed by atoms with Crippen molar-refractivity contribution < 1.29 is 31.6 Å². The molecular formula is C19H22F3N2O3S+. The first-order chi connectivity index (χ1) is 13.2. The Balaban J connectivity index is 1.68. The van der Waals surface area contributed by atoms with Crippen LogP contribution in [0.1, 0.15) is 17.2 Å². The normalized spacial score (nSPS) is 18.1. The molecule has 1 atom stereocenters. The summed E-state index contributed by atoms with van der Waals surface area (Å²) in [6.07, 6.45) is -5.42. The Labute approximate surface area is 162 Å². The van der Waals surface area contributed by atoms with E-state index in [1.165, 1.54) is 12.1 Å². The van der Waals surface area contributed by atoms with Crippen molar-refractivity contribution in [3.63, 3.8) is 0 Å². The summed E-state index contributed by atoms with van der Waals surface area (Å²) in [5, 5.41) is 10.3. The molecule has 1 aliphatic rings. The highest BCUT2D eigenvalue weighted by Crippen LogP contribution is 2.35. The first-order valence-corrected chi connectivity index (χ1v) is 10.4. The molecule has 9 heteroatoms. The fourth-order valence-corrected chi connectivity index (χ4v) is 5.03. The highest BCUT2D eigenvalue weighted by atomic mass is 32.2. The number of alkyl halides is 3. The minimum Gasteiger partial charge on any atom is -0.382 e. The molecule has 0 amide bonds. The monoisotopic (exact) mass is 415 g/mol. The van der Waals surface area contributed by atoms with Crippen LogP contribution in [0.4, 0.5) is 13.2 Å². The lowest BCUT2D eigenvalue weighted by atomic mass is 10.1. The minimum absolute atomic E-state index is 0.103. The lowest BCUT2D eigenvalue weighted by Crippen LogP contribution is -3.15. The molecule has 0 bridgehead atoms. The van der Waals surface area contributed by atoms with Crippen LogP contribution in [0.15, 0.2) is 59.5 Å². The first-order valence-electron chi connectivity index (χ1n) is 8.92. The Morgan fingerprint density at radius 1 is 1.00 bits per heavy atom. The van der Waals surface area contributed by atoms with Crippen molar-refractivity contribution in [3.05, 3.63) is 65.7 Å². The lowest BCUT2D eigenvalue weighted by molar-refractivity contribution is -0.907. The summed E-state index contributed by atoms with van der Waals surface area (Å²) in [5.41, 5.74) is -0.367. The van der Waals surface area contributed by atoms with Gasteiger partial charge in [0, 0.05) is 0 Å². The van der Waals surface area contributed by atoms with Crippen molar-refractivity contribution >= 4 is 10.0 Å². The van der Waals surface area contributed by atoms with Crippen LogP contribution in [0, 0.1) is 0 Å². The lowest BCUT2D eigenvalue weighted by Gasteiger charge is -2.33. The number of quaternary nitrogens is 1. The van der Waals surface area contributed by atoms with Crippen LogP contribution in [0.2, 0.25) is 0 Å². The van der Waals surface area contributed by atoms with Gasteiger partial charge in [-0.05, 0) is 17.7 Å². The van der Waals surface area contributed by atoms with E-state index in [2.05, 4.69) is 0 Å². The van der Waals surface area contributed by atoms with Crippen molar-refractivity contribution in [2.45, 2.75) is 17.2 Å². The number of hydrogen-bond donors (Lipinski definition) is 2. The third-order valence-electron chi connectivity index (χ3n) is 4.91. The van der Waals surface area contributed by atoms with Gasteiger partial charge in [0.05, 0.1) is 36.6 Å². The van der Waals surface area contributed by atoms with Crippen LogP contribution in [-0.4, -0.2) is 50.6 Å². The number of benzene rings is 2. The van der Waals surface area contributed by atoms with E-state index < -0.39 is 32.8 Å². The highest BCUT2D eigenvalue weighted by Gasteiger charge is 2.40. The minimum atomic E-state index is -4.74. The summed E-state index contributed by atoms with van der Waals surface area (Å²) in [5.74, 6) is 0. The predicted octanol–water partition coefficient (Wildman–Crippen LogP) is 1.33. The van der Waals surface area contributed by atoms with Gasteiger partial charge >= 0.3 is 6.18 Å². The fraction of sp³-hybridized carbons (Fsp3) is 0.368. The molecule has 0 aliphatic carbocycles. The van der Waals surface area contributed by atoms with Gasteiger partial charge < -0.3 is 10.0 Å². The maximum Gasteiger partial charge on any atom is 0.417 e. The van der Waals surface area contributed by atoms with Gasteiger partial charge in [-0.25, -0.2) is 8.42 Å². The van der Waals surface area contributed by atoms with Crippen molar-refractivity contribution in [1.29, 1.82) is 0 Å². The molecule has 1 fully saturated rings. The van der Waals surface area contributed by atoms with Crippen LogP contribution in [-0.2, 0) is 16.2 Å². The Kier molecular flexibility index (Phi) is 6.09. The van der Waals surface area contributed by atoms with Crippen LogP contribution >= 0.6 is 0 Å². The van der Waals surface area contributed by atoms with Crippen molar-refractivity contribution in [3.8, 4) is 0 Å². The standard InChI is InChI=1S/C19H21F3N2O3S/c20-19(21,22)16-8-4-5-9-18(16)28(26,27)24-12-10-23(11-13-24)14-17(25)15-6-2-1-3-7-15/h1-9,17,25H,10-14H2/p+1/t17-/m0/s1. The van der Waals surface area contributed by atoms with E-state index in [9.17, 15) is 26.7 Å². The molecule has 1 aliphatic heterocycles. The summed E-state index contributed by atoms with van der Waals surface area (Å²) in [6, 6.07) is 13.4. The number of piperazine rings is 1. The molecule has 0 saturated carbocycles. The van der Waals surface area contributed by atoms with Crippen LogP contribution in [0.3, 0.4) is 0 Å².